The second-order valence-electron chi connectivity index (χ2n) is 6.47. The fraction of sp³-hybridized carbons (Fsp3) is 0.444. The molecule has 2 heterocycles. The summed E-state index contributed by atoms with van der Waals surface area (Å²) >= 11 is 3.30. The van der Waals surface area contributed by atoms with Gasteiger partial charge in [0.1, 0.15) is 6.54 Å². The molecule has 26 heavy (non-hydrogen) atoms. The number of rotatable bonds is 4. The molecule has 0 saturated carbocycles. The molecule has 0 N–H and O–H groups in total. The van der Waals surface area contributed by atoms with Gasteiger partial charge in [-0.1, -0.05) is 28.1 Å². The lowest BCUT2D eigenvalue weighted by Gasteiger charge is -2.38. The maximum absolute atomic E-state index is 12.6. The highest BCUT2D eigenvalue weighted by molar-refractivity contribution is 9.10. The van der Waals surface area contributed by atoms with Crippen molar-refractivity contribution < 1.29 is 23.9 Å². The monoisotopic (exact) mass is 422 g/mol. The molecule has 2 amide bonds. The van der Waals surface area contributed by atoms with Crippen molar-refractivity contribution in [3.63, 3.8) is 0 Å². The smallest absolute Gasteiger partial charge is 0.410 e. The van der Waals surface area contributed by atoms with Crippen molar-refractivity contribution in [2.45, 2.75) is 31.3 Å². The number of nitrogens with zero attached hydrogens (tertiary/aromatic N) is 2. The fourth-order valence-corrected chi connectivity index (χ4v) is 3.87. The Balaban J connectivity index is 1.66. The number of fused-ring (bicyclic) bond motifs is 1. The molecule has 3 rings (SSSR count). The minimum atomic E-state index is -0.591. The van der Waals surface area contributed by atoms with E-state index in [1.165, 1.54) is 12.0 Å². The second kappa shape index (κ2) is 7.57. The van der Waals surface area contributed by atoms with Crippen molar-refractivity contribution in [3.8, 4) is 0 Å². The number of hydrogen-bond donors (Lipinski definition) is 0. The van der Waals surface area contributed by atoms with Gasteiger partial charge in [-0.05, 0) is 25.0 Å². The van der Waals surface area contributed by atoms with E-state index < -0.39 is 12.1 Å². The number of methoxy groups -OCH3 is 1. The van der Waals surface area contributed by atoms with Crippen molar-refractivity contribution in [1.82, 2.24) is 9.80 Å². The Labute approximate surface area is 159 Å². The number of carbonyl (C=O) groups is 4. The molecule has 0 radical (unpaired) electrons. The lowest BCUT2D eigenvalue weighted by atomic mass is 10.0. The quantitative estimate of drug-likeness (QED) is 0.547. The molecule has 7 nitrogen and oxygen atoms in total. The summed E-state index contributed by atoms with van der Waals surface area (Å²) in [6.07, 6.45) is 0.363. The summed E-state index contributed by atoms with van der Waals surface area (Å²) in [5, 5.41) is 0. The first-order valence-corrected chi connectivity index (χ1v) is 9.15. The van der Waals surface area contributed by atoms with Crippen molar-refractivity contribution >= 4 is 39.5 Å². The van der Waals surface area contributed by atoms with E-state index in [1.54, 1.807) is 29.2 Å². The third-order valence-electron chi connectivity index (χ3n) is 4.85. The Kier molecular flexibility index (Phi) is 5.41. The number of hydrogen-bond acceptors (Lipinski definition) is 5. The molecule has 0 aliphatic carbocycles. The van der Waals surface area contributed by atoms with Crippen molar-refractivity contribution in [1.29, 1.82) is 0 Å². The summed E-state index contributed by atoms with van der Waals surface area (Å²) in [6, 6.07) is 6.03. The van der Waals surface area contributed by atoms with Crippen molar-refractivity contribution in [3.05, 3.63) is 34.3 Å². The molecule has 0 bridgehead atoms. The van der Waals surface area contributed by atoms with Gasteiger partial charge in [0.25, 0.3) is 0 Å². The van der Waals surface area contributed by atoms with Crippen molar-refractivity contribution in [2.24, 2.45) is 0 Å². The zero-order valence-electron chi connectivity index (χ0n) is 14.3. The van der Waals surface area contributed by atoms with Gasteiger partial charge in [-0.2, -0.15) is 0 Å². The average Bonchev–Trinajstić information content (AvgIpc) is 3.06. The number of Topliss-reactive ketones (excluding diaryl/α,β-unsaturated/α-hetero) is 2. The Morgan fingerprint density at radius 3 is 2.54 bits per heavy atom. The molecule has 8 heteroatoms. The van der Waals surface area contributed by atoms with Crippen LogP contribution in [0.5, 0.6) is 0 Å². The molecule has 2 fully saturated rings. The lowest BCUT2D eigenvalue weighted by Crippen LogP contribution is -2.58. The van der Waals surface area contributed by atoms with Crippen LogP contribution in [0.3, 0.4) is 0 Å². The number of carbonyl (C=O) groups excluding carboxylic acids is 4. The first kappa shape index (κ1) is 18.6. The summed E-state index contributed by atoms with van der Waals surface area (Å²) in [6.45, 7) is 0.246. The standard InChI is InChI=1S/C18H19BrN2O5/c1-26-18(25)20-9-13-6-7-14(21(13)17(24)10-20)16(23)8-15(22)11-2-4-12(19)5-3-11/h2-5,13-14H,6-10H2,1H3. The molecule has 2 aliphatic rings. The highest BCUT2D eigenvalue weighted by Crippen LogP contribution is 2.30. The summed E-state index contributed by atoms with van der Waals surface area (Å²) in [5.41, 5.74) is 0.470. The summed E-state index contributed by atoms with van der Waals surface area (Å²) in [5.74, 6) is -0.787. The molecule has 2 unspecified atom stereocenters. The third-order valence-corrected chi connectivity index (χ3v) is 5.38. The van der Waals surface area contributed by atoms with Gasteiger partial charge in [0.15, 0.2) is 11.6 Å². The van der Waals surface area contributed by atoms with Gasteiger partial charge in [0, 0.05) is 16.6 Å². The predicted molar refractivity (Wildman–Crippen MR) is 95.7 cm³/mol. The minimum Gasteiger partial charge on any atom is -0.453 e. The maximum atomic E-state index is 12.6. The van der Waals surface area contributed by atoms with Gasteiger partial charge in [0.05, 0.1) is 25.6 Å². The fourth-order valence-electron chi connectivity index (χ4n) is 3.60. The molecule has 2 aliphatic heterocycles. The first-order chi connectivity index (χ1) is 12.4. The van der Waals surface area contributed by atoms with E-state index in [-0.39, 0.29) is 36.5 Å². The van der Waals surface area contributed by atoms with E-state index in [1.807, 2.05) is 0 Å². The Bertz CT molecular complexity index is 748. The van der Waals surface area contributed by atoms with Crippen molar-refractivity contribution in [2.75, 3.05) is 20.2 Å². The van der Waals surface area contributed by atoms with Crippen LogP contribution in [-0.2, 0) is 14.3 Å². The van der Waals surface area contributed by atoms with Crippen LogP contribution in [-0.4, -0.2) is 65.6 Å². The minimum absolute atomic E-state index is 0.104. The van der Waals surface area contributed by atoms with Crippen LogP contribution in [0.2, 0.25) is 0 Å². The Hall–Kier alpha value is -2.22. The van der Waals surface area contributed by atoms with Crippen LogP contribution >= 0.6 is 15.9 Å². The SMILES string of the molecule is COC(=O)N1CC(=O)N2C(CCC2C(=O)CC(=O)c2ccc(Br)cc2)C1. The van der Waals surface area contributed by atoms with Crippen LogP contribution in [0.4, 0.5) is 4.79 Å². The molecule has 2 atom stereocenters. The molecule has 138 valence electrons. The van der Waals surface area contributed by atoms with Gasteiger partial charge < -0.3 is 9.64 Å². The summed E-state index contributed by atoms with van der Waals surface area (Å²) in [7, 11) is 1.27. The number of halogens is 1. The Morgan fingerprint density at radius 1 is 1.19 bits per heavy atom. The summed E-state index contributed by atoms with van der Waals surface area (Å²) in [4.78, 5) is 52.0. The van der Waals surface area contributed by atoms with Gasteiger partial charge >= 0.3 is 6.09 Å². The van der Waals surface area contributed by atoms with Gasteiger partial charge in [0.2, 0.25) is 5.91 Å². The van der Waals surface area contributed by atoms with E-state index in [2.05, 4.69) is 20.7 Å². The molecule has 1 aromatic carbocycles. The van der Waals surface area contributed by atoms with E-state index in [0.29, 0.717) is 24.9 Å². The predicted octanol–water partition coefficient (Wildman–Crippen LogP) is 2.03. The summed E-state index contributed by atoms with van der Waals surface area (Å²) < 4.78 is 5.53. The molecule has 2 saturated heterocycles. The second-order valence-corrected chi connectivity index (χ2v) is 7.39. The van der Waals surface area contributed by atoms with Gasteiger partial charge in [-0.15, -0.1) is 0 Å². The van der Waals surface area contributed by atoms with Crippen LogP contribution in [0, 0.1) is 0 Å². The van der Waals surface area contributed by atoms with Crippen LogP contribution < -0.4 is 0 Å². The zero-order chi connectivity index (χ0) is 18.8. The molecule has 0 aromatic heterocycles. The number of benzene rings is 1. The van der Waals surface area contributed by atoms with Crippen LogP contribution in [0.15, 0.2) is 28.7 Å². The number of ether oxygens (including phenoxy) is 1. The topological polar surface area (TPSA) is 84.0 Å². The van der Waals surface area contributed by atoms with E-state index in [9.17, 15) is 19.2 Å². The highest BCUT2D eigenvalue weighted by atomic mass is 79.9. The highest BCUT2D eigenvalue weighted by Gasteiger charge is 2.45. The molecule has 1 aromatic rings. The zero-order valence-corrected chi connectivity index (χ0v) is 15.9. The molecular weight excluding hydrogens is 404 g/mol. The third kappa shape index (κ3) is 3.65. The number of ketones is 2. The molecule has 0 spiro atoms. The van der Waals surface area contributed by atoms with Crippen LogP contribution in [0.1, 0.15) is 29.6 Å². The van der Waals surface area contributed by atoms with Gasteiger partial charge in [-0.25, -0.2) is 4.79 Å². The number of amides is 2. The normalized spacial score (nSPS) is 22.2. The first-order valence-electron chi connectivity index (χ1n) is 8.36. The van der Waals surface area contributed by atoms with Crippen LogP contribution in [0.25, 0.3) is 0 Å². The van der Waals surface area contributed by atoms with E-state index >= 15 is 0 Å². The van der Waals surface area contributed by atoms with E-state index in [4.69, 9.17) is 0 Å². The van der Waals surface area contributed by atoms with Gasteiger partial charge in [-0.3, -0.25) is 19.3 Å². The Morgan fingerprint density at radius 2 is 1.88 bits per heavy atom. The lowest BCUT2D eigenvalue weighted by molar-refractivity contribution is -0.143. The number of piperazine rings is 1. The largest absolute Gasteiger partial charge is 0.453 e. The average molecular weight is 423 g/mol. The molecular formula is C18H19BrN2O5. The maximum Gasteiger partial charge on any atom is 0.410 e. The van der Waals surface area contributed by atoms with E-state index in [0.717, 1.165) is 4.47 Å².